The third-order valence-electron chi connectivity index (χ3n) is 4.72. The molecule has 3 N–H and O–H groups in total. The molecule has 1 aromatic heterocycles. The number of amides is 1. The molecule has 27 heavy (non-hydrogen) atoms. The number of nitrogens with zero attached hydrogens (tertiary/aromatic N) is 3. The number of morpholine rings is 1. The summed E-state index contributed by atoms with van der Waals surface area (Å²) in [6, 6.07) is 5.74. The van der Waals surface area contributed by atoms with Gasteiger partial charge in [-0.05, 0) is 32.9 Å². The molecule has 2 heterocycles. The number of methoxy groups -OCH3 is 1. The van der Waals surface area contributed by atoms with Crippen molar-refractivity contribution in [3.8, 4) is 5.75 Å². The summed E-state index contributed by atoms with van der Waals surface area (Å²) in [5.41, 5.74) is 8.33. The molecule has 1 saturated heterocycles. The fourth-order valence-electron chi connectivity index (χ4n) is 3.36. The number of carbonyl (C=O) groups excluding carboxylic acids is 1. The minimum absolute atomic E-state index is 0.201. The summed E-state index contributed by atoms with van der Waals surface area (Å²) < 4.78 is 12.8. The number of hydrogen-bond donors (Lipinski definition) is 2. The van der Waals surface area contributed by atoms with E-state index in [9.17, 15) is 4.79 Å². The van der Waals surface area contributed by atoms with Gasteiger partial charge in [-0.2, -0.15) is 5.10 Å². The van der Waals surface area contributed by atoms with Crippen LogP contribution in [-0.4, -0.2) is 48.1 Å². The molecule has 1 amide bonds. The van der Waals surface area contributed by atoms with Crippen molar-refractivity contribution < 1.29 is 14.3 Å². The maximum Gasteiger partial charge on any atom is 0.261 e. The lowest BCUT2D eigenvalue weighted by atomic mass is 10.1. The highest BCUT2D eigenvalue weighted by atomic mass is 16.5. The number of anilines is 3. The number of benzene rings is 1. The van der Waals surface area contributed by atoms with Crippen molar-refractivity contribution in [1.82, 2.24) is 9.78 Å². The highest BCUT2D eigenvalue weighted by molar-refractivity contribution is 6.08. The van der Waals surface area contributed by atoms with Crippen LogP contribution in [0, 0.1) is 6.92 Å². The predicted molar refractivity (Wildman–Crippen MR) is 106 cm³/mol. The monoisotopic (exact) mass is 373 g/mol. The largest absolute Gasteiger partial charge is 0.494 e. The van der Waals surface area contributed by atoms with Gasteiger partial charge in [0, 0.05) is 31.9 Å². The van der Waals surface area contributed by atoms with E-state index in [1.165, 1.54) is 4.68 Å². The molecule has 0 unspecified atom stereocenters. The van der Waals surface area contributed by atoms with Gasteiger partial charge >= 0.3 is 0 Å². The van der Waals surface area contributed by atoms with Crippen LogP contribution in [0.5, 0.6) is 5.75 Å². The van der Waals surface area contributed by atoms with Crippen molar-refractivity contribution in [2.24, 2.45) is 7.05 Å². The van der Waals surface area contributed by atoms with Crippen LogP contribution in [0.1, 0.15) is 29.9 Å². The van der Waals surface area contributed by atoms with E-state index in [1.54, 1.807) is 21.1 Å². The van der Waals surface area contributed by atoms with E-state index < -0.39 is 0 Å². The fourth-order valence-corrected chi connectivity index (χ4v) is 3.36. The van der Waals surface area contributed by atoms with Crippen molar-refractivity contribution in [2.45, 2.75) is 26.4 Å². The van der Waals surface area contributed by atoms with Crippen LogP contribution in [0.4, 0.5) is 17.2 Å². The maximum atomic E-state index is 12.7. The SMILES string of the molecule is COc1cc(N2CCOC(C)(C)C2)ccc1NC(=O)c1c(C)nn(C)c1N. The highest BCUT2D eigenvalue weighted by Crippen LogP contribution is 2.32. The number of rotatable bonds is 4. The molecular weight excluding hydrogens is 346 g/mol. The lowest BCUT2D eigenvalue weighted by Crippen LogP contribution is -2.48. The summed E-state index contributed by atoms with van der Waals surface area (Å²) in [4.78, 5) is 14.9. The standard InChI is InChI=1S/C19H27N5O3/c1-12-16(17(20)23(4)22-12)18(25)21-14-7-6-13(10-15(14)26-5)24-8-9-27-19(2,3)11-24/h6-7,10H,8-9,11,20H2,1-5H3,(H,21,25). The second kappa shape index (κ2) is 7.11. The van der Waals surface area contributed by atoms with E-state index in [4.69, 9.17) is 15.2 Å². The van der Waals surface area contributed by atoms with Crippen LogP contribution >= 0.6 is 0 Å². The zero-order valence-corrected chi connectivity index (χ0v) is 16.5. The Balaban J connectivity index is 1.83. The van der Waals surface area contributed by atoms with Crippen molar-refractivity contribution in [3.05, 3.63) is 29.5 Å². The molecule has 146 valence electrons. The van der Waals surface area contributed by atoms with Gasteiger partial charge in [0.25, 0.3) is 5.91 Å². The van der Waals surface area contributed by atoms with Gasteiger partial charge in [0.2, 0.25) is 0 Å². The minimum atomic E-state index is -0.309. The van der Waals surface area contributed by atoms with Gasteiger partial charge < -0.3 is 25.4 Å². The molecule has 0 saturated carbocycles. The van der Waals surface area contributed by atoms with Gasteiger partial charge in [-0.1, -0.05) is 0 Å². The smallest absolute Gasteiger partial charge is 0.261 e. The van der Waals surface area contributed by atoms with Crippen molar-refractivity contribution in [3.63, 3.8) is 0 Å². The summed E-state index contributed by atoms with van der Waals surface area (Å²) >= 11 is 0. The first kappa shape index (κ1) is 19.0. The van der Waals surface area contributed by atoms with E-state index in [1.807, 2.05) is 18.2 Å². The Hall–Kier alpha value is -2.74. The second-order valence-corrected chi connectivity index (χ2v) is 7.34. The van der Waals surface area contributed by atoms with E-state index in [0.29, 0.717) is 35.1 Å². The number of hydrogen-bond acceptors (Lipinski definition) is 6. The van der Waals surface area contributed by atoms with E-state index in [0.717, 1.165) is 18.8 Å². The third-order valence-corrected chi connectivity index (χ3v) is 4.72. The molecule has 2 aromatic rings. The number of nitrogens with two attached hydrogens (primary N) is 1. The van der Waals surface area contributed by atoms with E-state index in [-0.39, 0.29) is 11.5 Å². The summed E-state index contributed by atoms with van der Waals surface area (Å²) in [5, 5.41) is 7.06. The molecule has 8 heteroatoms. The van der Waals surface area contributed by atoms with Crippen LogP contribution in [0.15, 0.2) is 18.2 Å². The topological polar surface area (TPSA) is 94.6 Å². The van der Waals surface area contributed by atoms with E-state index in [2.05, 4.69) is 29.2 Å². The first-order valence-electron chi connectivity index (χ1n) is 8.89. The highest BCUT2D eigenvalue weighted by Gasteiger charge is 2.28. The third kappa shape index (κ3) is 3.85. The van der Waals surface area contributed by atoms with Gasteiger partial charge in [-0.25, -0.2) is 0 Å². The molecular formula is C19H27N5O3. The van der Waals surface area contributed by atoms with Crippen LogP contribution in [-0.2, 0) is 11.8 Å². The first-order chi connectivity index (χ1) is 12.7. The average molecular weight is 373 g/mol. The van der Waals surface area contributed by atoms with Gasteiger partial charge in [0.05, 0.1) is 30.7 Å². The van der Waals surface area contributed by atoms with Gasteiger partial charge in [-0.3, -0.25) is 9.48 Å². The molecule has 8 nitrogen and oxygen atoms in total. The van der Waals surface area contributed by atoms with Crippen LogP contribution < -0.4 is 20.7 Å². The van der Waals surface area contributed by atoms with Gasteiger partial charge in [0.1, 0.15) is 17.1 Å². The number of carbonyl (C=O) groups is 1. The second-order valence-electron chi connectivity index (χ2n) is 7.34. The number of nitrogen functional groups attached to an aromatic ring is 1. The normalized spacial score (nSPS) is 16.3. The van der Waals surface area contributed by atoms with Crippen LogP contribution in [0.25, 0.3) is 0 Å². The number of nitrogens with one attached hydrogen (secondary N) is 1. The Morgan fingerprint density at radius 3 is 2.74 bits per heavy atom. The zero-order valence-electron chi connectivity index (χ0n) is 16.5. The Morgan fingerprint density at radius 2 is 2.15 bits per heavy atom. The average Bonchev–Trinajstić information content (AvgIpc) is 2.86. The van der Waals surface area contributed by atoms with Crippen molar-refractivity contribution in [1.29, 1.82) is 0 Å². The lowest BCUT2D eigenvalue weighted by molar-refractivity contribution is -0.0277. The number of ether oxygens (including phenoxy) is 2. The van der Waals surface area contributed by atoms with E-state index >= 15 is 0 Å². The lowest BCUT2D eigenvalue weighted by Gasteiger charge is -2.39. The summed E-state index contributed by atoms with van der Waals surface area (Å²) in [7, 11) is 3.29. The van der Waals surface area contributed by atoms with Crippen molar-refractivity contribution >= 4 is 23.1 Å². The van der Waals surface area contributed by atoms with Crippen LogP contribution in [0.3, 0.4) is 0 Å². The van der Waals surface area contributed by atoms with Gasteiger partial charge in [0.15, 0.2) is 0 Å². The fraction of sp³-hybridized carbons (Fsp3) is 0.474. The summed E-state index contributed by atoms with van der Waals surface area (Å²) in [6.07, 6.45) is 0. The van der Waals surface area contributed by atoms with Gasteiger partial charge in [-0.15, -0.1) is 0 Å². The number of aromatic nitrogens is 2. The Bertz CT molecular complexity index is 859. The molecule has 0 bridgehead atoms. The molecule has 1 aliphatic heterocycles. The molecule has 0 radical (unpaired) electrons. The molecule has 0 spiro atoms. The Kier molecular flexibility index (Phi) is 5.01. The summed E-state index contributed by atoms with van der Waals surface area (Å²) in [5.74, 6) is 0.609. The Morgan fingerprint density at radius 1 is 1.41 bits per heavy atom. The van der Waals surface area contributed by atoms with Crippen molar-refractivity contribution in [2.75, 3.05) is 42.8 Å². The molecule has 1 fully saturated rings. The zero-order chi connectivity index (χ0) is 19.8. The quantitative estimate of drug-likeness (QED) is 0.853. The predicted octanol–water partition coefficient (Wildman–Crippen LogP) is 2.19. The Labute approximate surface area is 159 Å². The molecule has 0 atom stereocenters. The minimum Gasteiger partial charge on any atom is -0.494 e. The van der Waals surface area contributed by atoms with Crippen LogP contribution in [0.2, 0.25) is 0 Å². The number of aryl methyl sites for hydroxylation is 2. The maximum absolute atomic E-state index is 12.7. The molecule has 1 aliphatic rings. The molecule has 0 aliphatic carbocycles. The molecule has 1 aromatic carbocycles. The summed E-state index contributed by atoms with van der Waals surface area (Å²) in [6.45, 7) is 8.17. The first-order valence-corrected chi connectivity index (χ1v) is 8.89. The molecule has 3 rings (SSSR count).